The van der Waals surface area contributed by atoms with Gasteiger partial charge in [0, 0.05) is 10.6 Å². The van der Waals surface area contributed by atoms with Gasteiger partial charge >= 0.3 is 0 Å². The molecule has 2 aliphatic rings. The van der Waals surface area contributed by atoms with Gasteiger partial charge in [-0.25, -0.2) is 0 Å². The van der Waals surface area contributed by atoms with Gasteiger partial charge in [0.15, 0.2) is 0 Å². The summed E-state index contributed by atoms with van der Waals surface area (Å²) in [5, 5.41) is 61.4. The second-order valence-electron chi connectivity index (χ2n) is 8.74. The molecule has 0 spiro atoms. The van der Waals surface area contributed by atoms with Gasteiger partial charge in [-0.05, 0) is 61.1 Å². The van der Waals surface area contributed by atoms with Crippen LogP contribution in [0.25, 0.3) is 0 Å². The molecule has 180 valence electrons. The largest absolute Gasteiger partial charge is 0.488 e. The first-order chi connectivity index (χ1) is 15.7. The number of ether oxygens (including phenoxy) is 2. The highest BCUT2D eigenvalue weighted by Gasteiger charge is 2.53. The lowest BCUT2D eigenvalue weighted by Crippen LogP contribution is -2.63. The summed E-state index contributed by atoms with van der Waals surface area (Å²) < 4.78 is 11.3. The highest BCUT2D eigenvalue weighted by Crippen LogP contribution is 2.38. The van der Waals surface area contributed by atoms with Crippen molar-refractivity contribution in [2.45, 2.75) is 68.1 Å². The number of halogens is 1. The van der Waals surface area contributed by atoms with E-state index in [1.807, 2.05) is 24.3 Å². The molecule has 9 heteroatoms. The Kier molecular flexibility index (Phi) is 7.28. The second kappa shape index (κ2) is 9.85. The van der Waals surface area contributed by atoms with Crippen LogP contribution in [0.1, 0.15) is 36.0 Å². The van der Waals surface area contributed by atoms with Crippen LogP contribution in [0.2, 0.25) is 5.02 Å². The summed E-state index contributed by atoms with van der Waals surface area (Å²) in [6.07, 6.45) is -4.11. The molecule has 1 saturated heterocycles. The Balaban J connectivity index is 1.53. The maximum Gasteiger partial charge on any atom is 0.222 e. The van der Waals surface area contributed by atoms with E-state index in [0.29, 0.717) is 22.8 Å². The Labute approximate surface area is 196 Å². The molecule has 33 heavy (non-hydrogen) atoms. The van der Waals surface area contributed by atoms with E-state index in [1.54, 1.807) is 12.1 Å². The summed E-state index contributed by atoms with van der Waals surface area (Å²) in [7, 11) is 0. The predicted molar refractivity (Wildman–Crippen MR) is 119 cm³/mol. The zero-order chi connectivity index (χ0) is 23.8. The maximum absolute atomic E-state index is 11.0. The van der Waals surface area contributed by atoms with E-state index in [2.05, 4.69) is 0 Å². The Morgan fingerprint density at radius 1 is 1.00 bits per heavy atom. The van der Waals surface area contributed by atoms with Crippen LogP contribution in [0.15, 0.2) is 42.5 Å². The molecular weight excluding hydrogens is 452 g/mol. The van der Waals surface area contributed by atoms with Crippen LogP contribution in [0, 0.1) is 0 Å². The molecule has 6 N–H and O–H groups in total. The number of benzene rings is 2. The Morgan fingerprint density at radius 3 is 2.36 bits per heavy atom. The maximum atomic E-state index is 11.0. The first kappa shape index (κ1) is 24.4. The van der Waals surface area contributed by atoms with Gasteiger partial charge in [0.1, 0.15) is 36.3 Å². The minimum atomic E-state index is -2.34. The third-order valence-corrected chi connectivity index (χ3v) is 6.82. The molecule has 8 nitrogen and oxygen atoms in total. The predicted octanol–water partition coefficient (Wildman–Crippen LogP) is 0.842. The number of rotatable bonds is 6. The van der Waals surface area contributed by atoms with Gasteiger partial charge in [0.05, 0.1) is 12.7 Å². The van der Waals surface area contributed by atoms with Crippen LogP contribution in [0.4, 0.5) is 0 Å². The van der Waals surface area contributed by atoms with Crippen LogP contribution < -0.4 is 4.74 Å². The molecule has 1 heterocycles. The Hall–Kier alpha value is -1.75. The van der Waals surface area contributed by atoms with Crippen LogP contribution >= 0.6 is 11.6 Å². The molecule has 0 radical (unpaired) electrons. The molecule has 0 amide bonds. The zero-order valence-corrected chi connectivity index (χ0v) is 18.7. The molecule has 0 bridgehead atoms. The van der Waals surface area contributed by atoms with Crippen molar-refractivity contribution in [3.8, 4) is 5.75 Å². The number of hydrogen-bond acceptors (Lipinski definition) is 8. The molecule has 4 rings (SSSR count). The van der Waals surface area contributed by atoms with Crippen molar-refractivity contribution in [3.63, 3.8) is 0 Å². The van der Waals surface area contributed by atoms with Gasteiger partial charge in [-0.3, -0.25) is 0 Å². The quantitative estimate of drug-likeness (QED) is 0.357. The number of hydrogen-bond donors (Lipinski definition) is 6. The summed E-state index contributed by atoms with van der Waals surface area (Å²) in [5.41, 5.74) is 1.68. The fraction of sp³-hybridized carbons (Fsp3) is 0.500. The lowest BCUT2D eigenvalue weighted by Gasteiger charge is -2.45. The van der Waals surface area contributed by atoms with Gasteiger partial charge in [-0.15, -0.1) is 0 Å². The topological polar surface area (TPSA) is 140 Å². The van der Waals surface area contributed by atoms with E-state index >= 15 is 0 Å². The SMILES string of the molecule is OC[C@H]1O[C@@](O)(c2ccc(Cl)c(Cc3ccc(O[C@@H]4CCC[C@H]4O)cc3)c2)[C@H](O)[C@@H](O)[C@@H]1O. The van der Waals surface area contributed by atoms with E-state index in [1.165, 1.54) is 6.07 Å². The lowest BCUT2D eigenvalue weighted by molar-refractivity contribution is -0.357. The molecule has 0 unspecified atom stereocenters. The van der Waals surface area contributed by atoms with E-state index in [0.717, 1.165) is 24.8 Å². The highest BCUT2D eigenvalue weighted by molar-refractivity contribution is 6.31. The van der Waals surface area contributed by atoms with Crippen LogP contribution in [0.5, 0.6) is 5.75 Å². The number of aliphatic hydroxyl groups excluding tert-OH is 5. The van der Waals surface area contributed by atoms with Gasteiger partial charge in [-0.2, -0.15) is 0 Å². The monoisotopic (exact) mass is 480 g/mol. The molecule has 1 aliphatic heterocycles. The number of aliphatic hydroxyl groups is 6. The van der Waals surface area contributed by atoms with Gasteiger partial charge in [0.25, 0.3) is 0 Å². The average Bonchev–Trinajstić information content (AvgIpc) is 3.21. The van der Waals surface area contributed by atoms with E-state index in [-0.39, 0.29) is 11.7 Å². The van der Waals surface area contributed by atoms with Gasteiger partial charge < -0.3 is 40.1 Å². The summed E-state index contributed by atoms with van der Waals surface area (Å²) in [5.74, 6) is -1.68. The second-order valence-corrected chi connectivity index (χ2v) is 9.15. The van der Waals surface area contributed by atoms with E-state index in [4.69, 9.17) is 21.1 Å². The minimum absolute atomic E-state index is 0.133. The van der Waals surface area contributed by atoms with Crippen molar-refractivity contribution in [2.24, 2.45) is 0 Å². The van der Waals surface area contributed by atoms with Crippen molar-refractivity contribution in [2.75, 3.05) is 6.61 Å². The Morgan fingerprint density at radius 2 is 1.73 bits per heavy atom. The molecule has 2 aromatic rings. The molecular formula is C24H29ClO8. The van der Waals surface area contributed by atoms with Gasteiger partial charge in [-0.1, -0.05) is 29.8 Å². The van der Waals surface area contributed by atoms with Crippen LogP contribution in [0.3, 0.4) is 0 Å². The smallest absolute Gasteiger partial charge is 0.222 e. The third-order valence-electron chi connectivity index (χ3n) is 6.45. The summed E-state index contributed by atoms with van der Waals surface area (Å²) >= 11 is 6.37. The van der Waals surface area contributed by atoms with E-state index in [9.17, 15) is 30.6 Å². The molecule has 2 fully saturated rings. The van der Waals surface area contributed by atoms with Crippen molar-refractivity contribution in [1.29, 1.82) is 0 Å². The highest BCUT2D eigenvalue weighted by atomic mass is 35.5. The first-order valence-electron chi connectivity index (χ1n) is 11.0. The third kappa shape index (κ3) is 4.89. The normalized spacial score (nSPS) is 34.4. The summed E-state index contributed by atoms with van der Waals surface area (Å²) in [6.45, 7) is -0.653. The first-order valence-corrected chi connectivity index (χ1v) is 11.4. The fourth-order valence-corrected chi connectivity index (χ4v) is 4.63. The minimum Gasteiger partial charge on any atom is -0.488 e. The average molecular weight is 481 g/mol. The summed E-state index contributed by atoms with van der Waals surface area (Å²) in [6, 6.07) is 12.0. The molecule has 2 aromatic carbocycles. The molecule has 1 aliphatic carbocycles. The standard InChI is InChI=1S/C24H29ClO8/c25-17-9-6-15(24(31)23(30)22(29)21(28)20(12-26)33-24)11-14(17)10-13-4-7-16(8-5-13)32-19-3-1-2-18(19)27/h4-9,11,18-23,26-31H,1-3,10,12H2/t18-,19-,20-,21-,22+,23-,24+/m1/s1. The van der Waals surface area contributed by atoms with Gasteiger partial charge in [0.2, 0.25) is 5.79 Å². The van der Waals surface area contributed by atoms with Crippen molar-refractivity contribution in [1.82, 2.24) is 0 Å². The van der Waals surface area contributed by atoms with Crippen molar-refractivity contribution in [3.05, 3.63) is 64.2 Å². The lowest BCUT2D eigenvalue weighted by atomic mass is 9.87. The molecule has 0 aromatic heterocycles. The zero-order valence-electron chi connectivity index (χ0n) is 17.9. The van der Waals surface area contributed by atoms with E-state index < -0.39 is 42.9 Å². The summed E-state index contributed by atoms with van der Waals surface area (Å²) in [4.78, 5) is 0. The van der Waals surface area contributed by atoms with Crippen molar-refractivity contribution >= 4 is 11.6 Å². The van der Waals surface area contributed by atoms with Crippen molar-refractivity contribution < 1.29 is 40.1 Å². The molecule has 1 saturated carbocycles. The fourth-order valence-electron chi connectivity index (χ4n) is 4.45. The Bertz CT molecular complexity index is 952. The van der Waals surface area contributed by atoms with Crippen LogP contribution in [-0.4, -0.2) is 73.9 Å². The van der Waals surface area contributed by atoms with Crippen LogP contribution in [-0.2, 0) is 16.9 Å². The molecule has 7 atom stereocenters.